The summed E-state index contributed by atoms with van der Waals surface area (Å²) in [6.07, 6.45) is 1.49. The van der Waals surface area contributed by atoms with E-state index in [1.807, 2.05) is 24.3 Å². The molecule has 0 spiro atoms. The average molecular weight is 400 g/mol. The van der Waals surface area contributed by atoms with Crippen molar-refractivity contribution in [3.05, 3.63) is 47.5 Å². The number of anilines is 1. The molecule has 30 heavy (non-hydrogen) atoms. The number of imidazole rings is 1. The van der Waals surface area contributed by atoms with E-state index in [2.05, 4.69) is 37.6 Å². The maximum Gasteiger partial charge on any atom is 0.227 e. The molecule has 2 aromatic carbocycles. The number of amides is 1. The van der Waals surface area contributed by atoms with Crippen LogP contribution in [0.25, 0.3) is 33.8 Å². The maximum atomic E-state index is 11.9. The molecule has 0 aliphatic carbocycles. The van der Waals surface area contributed by atoms with Crippen LogP contribution in [-0.4, -0.2) is 37.7 Å². The fourth-order valence-electron chi connectivity index (χ4n) is 4.35. The summed E-state index contributed by atoms with van der Waals surface area (Å²) in [5.41, 5.74) is 6.87. The topological polar surface area (TPSA) is 110 Å². The molecule has 4 N–H and O–H groups in total. The molecule has 0 radical (unpaired) electrons. The Hall–Kier alpha value is -3.65. The summed E-state index contributed by atoms with van der Waals surface area (Å²) in [6, 6.07) is 11.7. The van der Waals surface area contributed by atoms with Gasteiger partial charge in [-0.05, 0) is 41.8 Å². The van der Waals surface area contributed by atoms with Gasteiger partial charge in [0.25, 0.3) is 0 Å². The zero-order chi connectivity index (χ0) is 20.2. The number of carbonyl (C=O) groups is 1. The summed E-state index contributed by atoms with van der Waals surface area (Å²) in [6.45, 7) is 2.46. The van der Waals surface area contributed by atoms with Crippen LogP contribution >= 0.6 is 0 Å². The maximum absolute atomic E-state index is 11.9. The number of aromatic nitrogens is 4. The summed E-state index contributed by atoms with van der Waals surface area (Å²) in [5.74, 6) is 0.754. The molecule has 0 atom stereocenters. The molecule has 0 bridgehead atoms. The lowest BCUT2D eigenvalue weighted by Crippen LogP contribution is -2.23. The largest absolute Gasteiger partial charge is 0.504 e. The Morgan fingerprint density at radius 1 is 1.07 bits per heavy atom. The minimum absolute atomic E-state index is 0.0493. The third-order valence-corrected chi connectivity index (χ3v) is 5.94. The quantitative estimate of drug-likeness (QED) is 0.423. The lowest BCUT2D eigenvalue weighted by Gasteiger charge is -2.15. The number of benzene rings is 2. The van der Waals surface area contributed by atoms with Crippen molar-refractivity contribution in [1.82, 2.24) is 25.5 Å². The van der Waals surface area contributed by atoms with E-state index in [0.29, 0.717) is 23.6 Å². The van der Waals surface area contributed by atoms with Crippen LogP contribution < -0.4 is 10.2 Å². The van der Waals surface area contributed by atoms with Gasteiger partial charge in [0.15, 0.2) is 11.6 Å². The van der Waals surface area contributed by atoms with Crippen LogP contribution in [0.5, 0.6) is 5.75 Å². The fourth-order valence-corrected chi connectivity index (χ4v) is 4.35. The van der Waals surface area contributed by atoms with Crippen LogP contribution in [0.15, 0.2) is 36.4 Å². The van der Waals surface area contributed by atoms with Crippen molar-refractivity contribution in [1.29, 1.82) is 0 Å². The number of aromatic hydroxyl groups is 1. The molecule has 0 saturated carbocycles. The Morgan fingerprint density at radius 2 is 1.87 bits per heavy atom. The first-order chi connectivity index (χ1) is 14.7. The Balaban J connectivity index is 1.33. The molecule has 6 rings (SSSR count). The first-order valence-corrected chi connectivity index (χ1v) is 10.1. The molecule has 2 aliphatic rings. The van der Waals surface area contributed by atoms with Crippen molar-refractivity contribution in [2.24, 2.45) is 0 Å². The third-order valence-electron chi connectivity index (χ3n) is 5.94. The molecule has 2 aliphatic heterocycles. The van der Waals surface area contributed by atoms with Gasteiger partial charge < -0.3 is 20.3 Å². The van der Waals surface area contributed by atoms with E-state index in [9.17, 15) is 9.90 Å². The van der Waals surface area contributed by atoms with E-state index in [-0.39, 0.29) is 11.7 Å². The second kappa shape index (κ2) is 6.43. The number of hydrogen-bond acceptors (Lipinski definition) is 5. The van der Waals surface area contributed by atoms with Gasteiger partial charge in [-0.1, -0.05) is 12.1 Å². The summed E-state index contributed by atoms with van der Waals surface area (Å²) in [5, 5.41) is 21.4. The van der Waals surface area contributed by atoms with E-state index in [0.717, 1.165) is 48.3 Å². The normalized spacial score (nSPS) is 16.0. The predicted octanol–water partition coefficient (Wildman–Crippen LogP) is 3.06. The minimum Gasteiger partial charge on any atom is -0.504 e. The molecular weight excluding hydrogens is 380 g/mol. The van der Waals surface area contributed by atoms with Crippen LogP contribution in [0.1, 0.15) is 24.0 Å². The zero-order valence-corrected chi connectivity index (χ0v) is 16.2. The van der Waals surface area contributed by atoms with Crippen molar-refractivity contribution >= 4 is 22.6 Å². The molecule has 8 nitrogen and oxygen atoms in total. The zero-order valence-electron chi connectivity index (χ0n) is 16.2. The lowest BCUT2D eigenvalue weighted by molar-refractivity contribution is -0.117. The van der Waals surface area contributed by atoms with Gasteiger partial charge in [0.05, 0.1) is 11.0 Å². The molecule has 1 amide bonds. The van der Waals surface area contributed by atoms with Gasteiger partial charge in [0.1, 0.15) is 11.4 Å². The molecular formula is C22H20N6O2. The molecule has 1 fully saturated rings. The predicted molar refractivity (Wildman–Crippen MR) is 113 cm³/mol. The van der Waals surface area contributed by atoms with Crippen molar-refractivity contribution in [2.45, 2.75) is 25.9 Å². The van der Waals surface area contributed by atoms with Crippen LogP contribution in [0.3, 0.4) is 0 Å². The number of aromatic amines is 2. The highest BCUT2D eigenvalue weighted by atomic mass is 16.3. The molecule has 1 saturated heterocycles. The highest BCUT2D eigenvalue weighted by molar-refractivity contribution is 5.95. The van der Waals surface area contributed by atoms with Gasteiger partial charge in [-0.25, -0.2) is 4.98 Å². The number of nitrogens with one attached hydrogen (secondary N) is 3. The summed E-state index contributed by atoms with van der Waals surface area (Å²) in [4.78, 5) is 21.7. The number of H-pyrrole nitrogens is 2. The van der Waals surface area contributed by atoms with Crippen molar-refractivity contribution < 1.29 is 9.90 Å². The highest BCUT2D eigenvalue weighted by Gasteiger charge is 2.23. The number of rotatable bonds is 3. The van der Waals surface area contributed by atoms with Crippen molar-refractivity contribution in [3.63, 3.8) is 0 Å². The molecule has 4 heterocycles. The molecule has 2 aromatic heterocycles. The molecule has 8 heteroatoms. The Labute approximate surface area is 171 Å². The lowest BCUT2D eigenvalue weighted by atomic mass is 10.1. The van der Waals surface area contributed by atoms with Gasteiger partial charge in [-0.2, -0.15) is 5.10 Å². The van der Waals surface area contributed by atoms with Gasteiger partial charge in [-0.15, -0.1) is 0 Å². The van der Waals surface area contributed by atoms with E-state index in [1.165, 1.54) is 11.1 Å². The van der Waals surface area contributed by atoms with Gasteiger partial charge in [-0.3, -0.25) is 9.89 Å². The van der Waals surface area contributed by atoms with Crippen LogP contribution in [0.4, 0.5) is 5.69 Å². The average Bonchev–Trinajstić information content (AvgIpc) is 3.52. The van der Waals surface area contributed by atoms with Crippen LogP contribution in [0, 0.1) is 0 Å². The van der Waals surface area contributed by atoms with Crippen LogP contribution in [0.2, 0.25) is 0 Å². The van der Waals surface area contributed by atoms with Crippen molar-refractivity contribution in [3.8, 4) is 28.5 Å². The number of carbonyl (C=O) groups excluding carboxylic acids is 1. The first-order valence-electron chi connectivity index (χ1n) is 10.1. The van der Waals surface area contributed by atoms with Gasteiger partial charge in [0, 0.05) is 37.3 Å². The van der Waals surface area contributed by atoms with E-state index in [1.54, 1.807) is 4.90 Å². The van der Waals surface area contributed by atoms with Gasteiger partial charge >= 0.3 is 0 Å². The monoisotopic (exact) mass is 400 g/mol. The summed E-state index contributed by atoms with van der Waals surface area (Å²) >= 11 is 0. The number of hydrogen-bond donors (Lipinski definition) is 4. The number of nitrogens with zero attached hydrogens (tertiary/aromatic N) is 3. The first kappa shape index (κ1) is 17.2. The second-order valence-corrected chi connectivity index (χ2v) is 7.82. The smallest absolute Gasteiger partial charge is 0.227 e. The Morgan fingerprint density at radius 3 is 2.63 bits per heavy atom. The van der Waals surface area contributed by atoms with Crippen LogP contribution in [-0.2, 0) is 17.9 Å². The van der Waals surface area contributed by atoms with Crippen molar-refractivity contribution in [2.75, 3.05) is 11.4 Å². The molecule has 150 valence electrons. The SMILES string of the molecule is O=C1CCCN1c1ccc(-c2n[nH]c(-c3nc4cc5c(cc4[nH]3)CNC5)c2O)cc1. The van der Waals surface area contributed by atoms with E-state index < -0.39 is 0 Å². The Bertz CT molecular complexity index is 1250. The molecule has 4 aromatic rings. The highest BCUT2D eigenvalue weighted by Crippen LogP contribution is 2.36. The molecule has 0 unspecified atom stereocenters. The summed E-state index contributed by atoms with van der Waals surface area (Å²) in [7, 11) is 0. The van der Waals surface area contributed by atoms with Gasteiger partial charge in [0.2, 0.25) is 5.91 Å². The second-order valence-electron chi connectivity index (χ2n) is 7.82. The third kappa shape index (κ3) is 2.61. The number of fused-ring (bicyclic) bond motifs is 2. The fraction of sp³-hybridized carbons (Fsp3) is 0.227. The Kier molecular flexibility index (Phi) is 3.69. The standard InChI is InChI=1S/C22H20N6O2/c29-18-2-1-7-28(18)15-5-3-12(4-6-15)19-21(30)20(27-26-19)22-24-16-8-13-10-23-11-14(13)9-17(16)25-22/h3-6,8-9,23,30H,1-2,7,10-11H2,(H,24,25)(H,26,27). The van der Waals surface area contributed by atoms with E-state index in [4.69, 9.17) is 0 Å². The van der Waals surface area contributed by atoms with E-state index >= 15 is 0 Å². The minimum atomic E-state index is 0.0493. The summed E-state index contributed by atoms with van der Waals surface area (Å²) < 4.78 is 0.